The summed E-state index contributed by atoms with van der Waals surface area (Å²) >= 11 is 1.73. The van der Waals surface area contributed by atoms with Crippen LogP contribution in [0.4, 0.5) is 0 Å². The molecule has 0 atom stereocenters. The SMILES string of the molecule is C/C(=C\c1c(C)ccnc1C)c1ccsc1.Cc1ccncc1. The molecule has 0 aliphatic carbocycles. The van der Waals surface area contributed by atoms with Crippen LogP contribution in [0.25, 0.3) is 11.6 Å². The minimum Gasteiger partial charge on any atom is -0.265 e. The molecule has 118 valence electrons. The molecule has 0 fully saturated rings. The van der Waals surface area contributed by atoms with Gasteiger partial charge < -0.3 is 0 Å². The van der Waals surface area contributed by atoms with E-state index in [9.17, 15) is 0 Å². The Morgan fingerprint density at radius 1 is 1.00 bits per heavy atom. The van der Waals surface area contributed by atoms with E-state index in [4.69, 9.17) is 0 Å². The average Bonchev–Trinajstić information content (AvgIpc) is 3.07. The van der Waals surface area contributed by atoms with Crippen LogP contribution in [0.3, 0.4) is 0 Å². The molecule has 0 aliphatic rings. The highest BCUT2D eigenvalue weighted by molar-refractivity contribution is 7.08. The first kappa shape index (κ1) is 17.1. The predicted molar refractivity (Wildman–Crippen MR) is 101 cm³/mol. The van der Waals surface area contributed by atoms with E-state index in [-0.39, 0.29) is 0 Å². The van der Waals surface area contributed by atoms with Crippen LogP contribution in [-0.4, -0.2) is 9.97 Å². The van der Waals surface area contributed by atoms with Gasteiger partial charge in [0.25, 0.3) is 0 Å². The maximum absolute atomic E-state index is 4.33. The van der Waals surface area contributed by atoms with Crippen molar-refractivity contribution < 1.29 is 0 Å². The Hall–Kier alpha value is -2.26. The summed E-state index contributed by atoms with van der Waals surface area (Å²) in [5.74, 6) is 0. The number of nitrogens with zero attached hydrogens (tertiary/aromatic N) is 2. The zero-order valence-corrected chi connectivity index (χ0v) is 14.9. The quantitative estimate of drug-likeness (QED) is 0.604. The Bertz CT molecular complexity index is 739. The number of rotatable bonds is 2. The lowest BCUT2D eigenvalue weighted by molar-refractivity contribution is 1.16. The zero-order valence-electron chi connectivity index (χ0n) is 14.1. The number of allylic oxidation sites excluding steroid dienone is 1. The minimum atomic E-state index is 1.09. The van der Waals surface area contributed by atoms with Crippen LogP contribution in [0.15, 0.2) is 53.6 Å². The molecule has 3 aromatic heterocycles. The van der Waals surface area contributed by atoms with Crippen molar-refractivity contribution in [1.29, 1.82) is 0 Å². The van der Waals surface area contributed by atoms with Gasteiger partial charge in [0.2, 0.25) is 0 Å². The van der Waals surface area contributed by atoms with Crippen LogP contribution in [0.2, 0.25) is 0 Å². The highest BCUT2D eigenvalue weighted by Crippen LogP contribution is 2.22. The summed E-state index contributed by atoms with van der Waals surface area (Å²) in [6.07, 6.45) is 7.66. The second-order valence-corrected chi connectivity index (χ2v) is 6.27. The average molecular weight is 322 g/mol. The first-order valence-corrected chi connectivity index (χ1v) is 8.52. The first-order valence-electron chi connectivity index (χ1n) is 7.57. The molecule has 3 heteroatoms. The van der Waals surface area contributed by atoms with Gasteiger partial charge in [-0.1, -0.05) is 0 Å². The van der Waals surface area contributed by atoms with Crippen molar-refractivity contribution in [2.24, 2.45) is 0 Å². The molecular weight excluding hydrogens is 300 g/mol. The summed E-state index contributed by atoms with van der Waals surface area (Å²) in [7, 11) is 0. The van der Waals surface area contributed by atoms with Crippen LogP contribution >= 0.6 is 11.3 Å². The fourth-order valence-electron chi connectivity index (χ4n) is 2.14. The molecule has 0 spiro atoms. The maximum Gasteiger partial charge on any atom is 0.0447 e. The van der Waals surface area contributed by atoms with E-state index in [1.54, 1.807) is 23.7 Å². The third-order valence-corrected chi connectivity index (χ3v) is 4.27. The van der Waals surface area contributed by atoms with E-state index < -0.39 is 0 Å². The number of thiophene rings is 1. The van der Waals surface area contributed by atoms with Crippen LogP contribution in [0.1, 0.15) is 34.9 Å². The van der Waals surface area contributed by atoms with Gasteiger partial charge in [-0.15, -0.1) is 0 Å². The second kappa shape index (κ2) is 8.39. The molecule has 0 aromatic carbocycles. The Kier molecular flexibility index (Phi) is 6.24. The van der Waals surface area contributed by atoms with Gasteiger partial charge in [-0.3, -0.25) is 9.97 Å². The molecule has 2 nitrogen and oxygen atoms in total. The Balaban J connectivity index is 0.000000229. The molecule has 23 heavy (non-hydrogen) atoms. The lowest BCUT2D eigenvalue weighted by Gasteiger charge is -2.05. The van der Waals surface area contributed by atoms with E-state index in [0.29, 0.717) is 0 Å². The third kappa shape index (κ3) is 5.15. The number of aromatic nitrogens is 2. The monoisotopic (exact) mass is 322 g/mol. The van der Waals surface area contributed by atoms with Crippen LogP contribution < -0.4 is 0 Å². The molecule has 0 amide bonds. The van der Waals surface area contributed by atoms with Gasteiger partial charge in [-0.2, -0.15) is 11.3 Å². The highest BCUT2D eigenvalue weighted by Gasteiger charge is 2.02. The topological polar surface area (TPSA) is 25.8 Å². The van der Waals surface area contributed by atoms with Gasteiger partial charge in [0.15, 0.2) is 0 Å². The van der Waals surface area contributed by atoms with Crippen molar-refractivity contribution in [2.45, 2.75) is 27.7 Å². The number of hydrogen-bond acceptors (Lipinski definition) is 3. The molecule has 0 aliphatic heterocycles. The number of pyridine rings is 2. The summed E-state index contributed by atoms with van der Waals surface area (Å²) in [6.45, 7) is 8.37. The molecule has 0 saturated carbocycles. The van der Waals surface area contributed by atoms with Crippen molar-refractivity contribution in [2.75, 3.05) is 0 Å². The smallest absolute Gasteiger partial charge is 0.0447 e. The molecule has 0 bridgehead atoms. The summed E-state index contributed by atoms with van der Waals surface area (Å²) in [5, 5.41) is 4.28. The molecular formula is C20H22N2S. The number of aryl methyl sites for hydroxylation is 3. The molecule has 3 rings (SSSR count). The standard InChI is InChI=1S/C14H15NS.C6H7N/c1-10-4-6-15-12(3)14(10)8-11(2)13-5-7-16-9-13;1-6-2-4-7-5-3-6/h4-9H,1-3H3;2-5H,1H3/b11-8+;. The molecule has 3 aromatic rings. The highest BCUT2D eigenvalue weighted by atomic mass is 32.1. The Morgan fingerprint density at radius 3 is 2.26 bits per heavy atom. The van der Waals surface area contributed by atoms with Gasteiger partial charge in [0, 0.05) is 24.3 Å². The third-order valence-electron chi connectivity index (χ3n) is 3.59. The summed E-state index contributed by atoms with van der Waals surface area (Å²) in [5.41, 5.74) is 7.46. The molecule has 0 unspecified atom stereocenters. The summed E-state index contributed by atoms with van der Waals surface area (Å²) in [6, 6.07) is 8.15. The Morgan fingerprint density at radius 2 is 1.74 bits per heavy atom. The lowest BCUT2D eigenvalue weighted by Crippen LogP contribution is -1.90. The number of hydrogen-bond donors (Lipinski definition) is 0. The second-order valence-electron chi connectivity index (χ2n) is 5.49. The van der Waals surface area contributed by atoms with E-state index in [0.717, 1.165) is 5.69 Å². The van der Waals surface area contributed by atoms with Gasteiger partial charge in [-0.25, -0.2) is 0 Å². The van der Waals surface area contributed by atoms with E-state index in [1.807, 2.05) is 25.3 Å². The maximum atomic E-state index is 4.33. The van der Waals surface area contributed by atoms with E-state index in [2.05, 4.69) is 59.7 Å². The lowest BCUT2D eigenvalue weighted by atomic mass is 10.0. The predicted octanol–water partition coefficient (Wildman–Crippen LogP) is 5.71. The summed E-state index contributed by atoms with van der Waals surface area (Å²) in [4.78, 5) is 8.18. The van der Waals surface area contributed by atoms with Crippen LogP contribution in [0, 0.1) is 20.8 Å². The molecule has 0 radical (unpaired) electrons. The zero-order chi connectivity index (χ0) is 16.7. The van der Waals surface area contributed by atoms with Crippen LogP contribution in [0.5, 0.6) is 0 Å². The van der Waals surface area contributed by atoms with Crippen molar-refractivity contribution in [1.82, 2.24) is 9.97 Å². The van der Waals surface area contributed by atoms with Gasteiger partial charge >= 0.3 is 0 Å². The summed E-state index contributed by atoms with van der Waals surface area (Å²) < 4.78 is 0. The van der Waals surface area contributed by atoms with Gasteiger partial charge in [0.05, 0.1) is 0 Å². The largest absolute Gasteiger partial charge is 0.265 e. The van der Waals surface area contributed by atoms with Crippen molar-refractivity contribution in [3.8, 4) is 0 Å². The van der Waals surface area contributed by atoms with E-state index in [1.165, 1.54) is 27.8 Å². The van der Waals surface area contributed by atoms with Crippen LogP contribution in [-0.2, 0) is 0 Å². The molecule has 3 heterocycles. The van der Waals surface area contributed by atoms with Crippen molar-refractivity contribution >= 4 is 23.0 Å². The molecule has 0 N–H and O–H groups in total. The van der Waals surface area contributed by atoms with Crippen molar-refractivity contribution in [3.05, 3.63) is 81.6 Å². The van der Waals surface area contributed by atoms with E-state index >= 15 is 0 Å². The fraction of sp³-hybridized carbons (Fsp3) is 0.200. The minimum absolute atomic E-state index is 1.09. The van der Waals surface area contributed by atoms with Gasteiger partial charge in [0.1, 0.15) is 0 Å². The fourth-order valence-corrected chi connectivity index (χ4v) is 2.85. The molecule has 0 saturated heterocycles. The normalized spacial score (nSPS) is 10.9. The van der Waals surface area contributed by atoms with Crippen molar-refractivity contribution in [3.63, 3.8) is 0 Å². The Labute approximate surface area is 142 Å². The first-order chi connectivity index (χ1) is 11.1. The van der Waals surface area contributed by atoms with Gasteiger partial charge in [-0.05, 0) is 96.6 Å².